The van der Waals surface area contributed by atoms with E-state index in [2.05, 4.69) is 19.9 Å². The Bertz CT molecular complexity index is 440. The van der Waals surface area contributed by atoms with Gasteiger partial charge in [-0.3, -0.25) is 4.79 Å². The van der Waals surface area contributed by atoms with Crippen molar-refractivity contribution in [2.45, 2.75) is 26.7 Å². The Kier molecular flexibility index (Phi) is 3.09. The minimum atomic E-state index is 0.195. The van der Waals surface area contributed by atoms with Crippen LogP contribution in [0.4, 0.5) is 0 Å². The predicted octanol–water partition coefficient (Wildman–Crippen LogP) is 3.16. The molecule has 1 aliphatic rings. The number of hydrogen-bond donors (Lipinski definition) is 0. The molecule has 1 heterocycles. The van der Waals surface area contributed by atoms with Gasteiger partial charge in [0.05, 0.1) is 12.2 Å². The van der Waals surface area contributed by atoms with Gasteiger partial charge in [-0.1, -0.05) is 23.8 Å². The third-order valence-corrected chi connectivity index (χ3v) is 2.70. The van der Waals surface area contributed by atoms with Crippen molar-refractivity contribution < 1.29 is 9.53 Å². The highest BCUT2D eigenvalue weighted by molar-refractivity contribution is 6.00. The van der Waals surface area contributed by atoms with Gasteiger partial charge in [-0.05, 0) is 31.9 Å². The number of ether oxygens (including phenoxy) is 1. The molecule has 0 amide bonds. The summed E-state index contributed by atoms with van der Waals surface area (Å²) in [6.07, 6.45) is 3.48. The quantitative estimate of drug-likeness (QED) is 0.710. The van der Waals surface area contributed by atoms with Gasteiger partial charge >= 0.3 is 0 Å². The summed E-state index contributed by atoms with van der Waals surface area (Å²) in [7, 11) is 0. The Hall–Kier alpha value is -1.57. The van der Waals surface area contributed by atoms with Gasteiger partial charge in [-0.15, -0.1) is 0 Å². The van der Waals surface area contributed by atoms with E-state index in [0.29, 0.717) is 13.0 Å². The summed E-state index contributed by atoms with van der Waals surface area (Å²) in [6.45, 7) is 4.65. The van der Waals surface area contributed by atoms with Gasteiger partial charge in [0.2, 0.25) is 0 Å². The summed E-state index contributed by atoms with van der Waals surface area (Å²) < 4.78 is 5.61. The SMILES string of the molecule is CC(C)=CCc1cccc2c1OCCC2=O. The van der Waals surface area contributed by atoms with Crippen molar-refractivity contribution in [2.75, 3.05) is 6.61 Å². The van der Waals surface area contributed by atoms with Crippen LogP contribution in [-0.4, -0.2) is 12.4 Å². The third kappa shape index (κ3) is 2.16. The largest absolute Gasteiger partial charge is 0.492 e. The molecular weight excluding hydrogens is 200 g/mol. The molecule has 2 heteroatoms. The molecule has 0 saturated carbocycles. The van der Waals surface area contributed by atoms with Gasteiger partial charge < -0.3 is 4.74 Å². The van der Waals surface area contributed by atoms with Crippen molar-refractivity contribution in [1.82, 2.24) is 0 Å². The first-order valence-electron chi connectivity index (χ1n) is 5.59. The summed E-state index contributed by atoms with van der Waals surface area (Å²) in [5.41, 5.74) is 3.12. The number of ketones is 1. The standard InChI is InChI=1S/C14H16O2/c1-10(2)6-7-11-4-3-5-12-13(15)8-9-16-14(11)12/h3-6H,7-9H2,1-2H3. The molecule has 0 aromatic heterocycles. The number of rotatable bonds is 2. The Morgan fingerprint density at radius 3 is 3.00 bits per heavy atom. The number of allylic oxidation sites excluding steroid dienone is 2. The molecule has 0 bridgehead atoms. The van der Waals surface area contributed by atoms with E-state index in [4.69, 9.17) is 4.74 Å². The topological polar surface area (TPSA) is 26.3 Å². The fourth-order valence-electron chi connectivity index (χ4n) is 1.83. The molecule has 0 radical (unpaired) electrons. The zero-order valence-corrected chi connectivity index (χ0v) is 9.75. The first-order valence-corrected chi connectivity index (χ1v) is 5.59. The van der Waals surface area contributed by atoms with Crippen LogP contribution in [0, 0.1) is 0 Å². The van der Waals surface area contributed by atoms with Crippen molar-refractivity contribution in [3.05, 3.63) is 41.0 Å². The summed E-state index contributed by atoms with van der Waals surface area (Å²) in [6, 6.07) is 5.80. The van der Waals surface area contributed by atoms with Gasteiger partial charge in [0.25, 0.3) is 0 Å². The molecule has 0 spiro atoms. The van der Waals surface area contributed by atoms with Crippen molar-refractivity contribution >= 4 is 5.78 Å². The lowest BCUT2D eigenvalue weighted by atomic mass is 9.99. The Balaban J connectivity index is 2.36. The molecule has 0 unspecified atom stereocenters. The number of benzene rings is 1. The summed E-state index contributed by atoms with van der Waals surface area (Å²) in [4.78, 5) is 11.7. The predicted molar refractivity (Wildman–Crippen MR) is 64.0 cm³/mol. The normalized spacial score (nSPS) is 14.0. The lowest BCUT2D eigenvalue weighted by Crippen LogP contribution is -2.16. The van der Waals surface area contributed by atoms with Crippen molar-refractivity contribution in [2.24, 2.45) is 0 Å². The highest BCUT2D eigenvalue weighted by atomic mass is 16.5. The molecule has 2 rings (SSSR count). The minimum absolute atomic E-state index is 0.195. The zero-order valence-electron chi connectivity index (χ0n) is 9.75. The molecule has 2 nitrogen and oxygen atoms in total. The van der Waals surface area contributed by atoms with E-state index in [1.54, 1.807) is 0 Å². The number of para-hydroxylation sites is 1. The second-order valence-corrected chi connectivity index (χ2v) is 4.30. The van der Waals surface area contributed by atoms with Gasteiger partial charge in [0.1, 0.15) is 5.75 Å². The third-order valence-electron chi connectivity index (χ3n) is 2.70. The van der Waals surface area contributed by atoms with Crippen LogP contribution in [0.5, 0.6) is 5.75 Å². The minimum Gasteiger partial charge on any atom is -0.492 e. The molecule has 16 heavy (non-hydrogen) atoms. The maximum Gasteiger partial charge on any atom is 0.170 e. The number of hydrogen-bond acceptors (Lipinski definition) is 2. The van der Waals surface area contributed by atoms with E-state index in [9.17, 15) is 4.79 Å². The van der Waals surface area contributed by atoms with E-state index < -0.39 is 0 Å². The van der Waals surface area contributed by atoms with Crippen LogP contribution in [0.3, 0.4) is 0 Å². The highest BCUT2D eigenvalue weighted by Crippen LogP contribution is 2.29. The Morgan fingerprint density at radius 2 is 2.25 bits per heavy atom. The van der Waals surface area contributed by atoms with Crippen LogP contribution < -0.4 is 4.74 Å². The number of carbonyl (C=O) groups excluding carboxylic acids is 1. The van der Waals surface area contributed by atoms with Crippen LogP contribution in [0.2, 0.25) is 0 Å². The van der Waals surface area contributed by atoms with Gasteiger partial charge in [0, 0.05) is 6.42 Å². The fraction of sp³-hybridized carbons (Fsp3) is 0.357. The lowest BCUT2D eigenvalue weighted by molar-refractivity contribution is 0.0932. The molecule has 1 aliphatic heterocycles. The molecule has 0 aliphatic carbocycles. The molecule has 1 aromatic rings. The number of carbonyl (C=O) groups is 1. The number of Topliss-reactive ketones (excluding diaryl/α,β-unsaturated/α-hetero) is 1. The maximum atomic E-state index is 11.7. The second kappa shape index (κ2) is 4.52. The van der Waals surface area contributed by atoms with Gasteiger partial charge in [0.15, 0.2) is 5.78 Å². The van der Waals surface area contributed by atoms with Crippen LogP contribution in [-0.2, 0) is 6.42 Å². The van der Waals surface area contributed by atoms with E-state index in [1.807, 2.05) is 18.2 Å². The summed E-state index contributed by atoms with van der Waals surface area (Å²) in [5.74, 6) is 0.983. The van der Waals surface area contributed by atoms with Crippen LogP contribution in [0.15, 0.2) is 29.8 Å². The zero-order chi connectivity index (χ0) is 11.5. The molecule has 0 saturated heterocycles. The lowest BCUT2D eigenvalue weighted by Gasteiger charge is -2.18. The van der Waals surface area contributed by atoms with E-state index in [0.717, 1.165) is 23.3 Å². The van der Waals surface area contributed by atoms with Gasteiger partial charge in [-0.25, -0.2) is 0 Å². The summed E-state index contributed by atoms with van der Waals surface area (Å²) in [5, 5.41) is 0. The fourth-order valence-corrected chi connectivity index (χ4v) is 1.83. The first-order chi connectivity index (χ1) is 7.68. The van der Waals surface area contributed by atoms with E-state index >= 15 is 0 Å². The van der Waals surface area contributed by atoms with Crippen LogP contribution >= 0.6 is 0 Å². The average Bonchev–Trinajstić information content (AvgIpc) is 2.27. The van der Waals surface area contributed by atoms with E-state index in [-0.39, 0.29) is 5.78 Å². The average molecular weight is 216 g/mol. The maximum absolute atomic E-state index is 11.7. The Morgan fingerprint density at radius 1 is 1.44 bits per heavy atom. The first kappa shape index (κ1) is 10.9. The monoisotopic (exact) mass is 216 g/mol. The molecule has 0 N–H and O–H groups in total. The molecular formula is C14H16O2. The van der Waals surface area contributed by atoms with Crippen LogP contribution in [0.1, 0.15) is 36.2 Å². The van der Waals surface area contributed by atoms with Crippen molar-refractivity contribution in [3.63, 3.8) is 0 Å². The molecule has 1 aromatic carbocycles. The molecule has 0 fully saturated rings. The summed E-state index contributed by atoms with van der Waals surface area (Å²) >= 11 is 0. The van der Waals surface area contributed by atoms with Crippen molar-refractivity contribution in [3.8, 4) is 5.75 Å². The van der Waals surface area contributed by atoms with Crippen LogP contribution in [0.25, 0.3) is 0 Å². The van der Waals surface area contributed by atoms with Gasteiger partial charge in [-0.2, -0.15) is 0 Å². The Labute approximate surface area is 95.9 Å². The number of fused-ring (bicyclic) bond motifs is 1. The molecule has 0 atom stereocenters. The van der Waals surface area contributed by atoms with Crippen molar-refractivity contribution in [1.29, 1.82) is 0 Å². The second-order valence-electron chi connectivity index (χ2n) is 4.30. The van der Waals surface area contributed by atoms with E-state index in [1.165, 1.54) is 5.57 Å². The smallest absolute Gasteiger partial charge is 0.170 e. The molecule has 84 valence electrons. The highest BCUT2D eigenvalue weighted by Gasteiger charge is 2.20.